The van der Waals surface area contributed by atoms with Crippen LogP contribution in [0.5, 0.6) is 0 Å². The number of hydrogen-bond acceptors (Lipinski definition) is 5. The number of fused-ring (bicyclic) bond motifs is 3. The highest BCUT2D eigenvalue weighted by Gasteiger charge is 2.20. The quantitative estimate of drug-likeness (QED) is 0.354. The third kappa shape index (κ3) is 3.95. The number of aromatic nitrogens is 4. The van der Waals surface area contributed by atoms with Crippen LogP contribution in [-0.4, -0.2) is 37.4 Å². The standard InChI is InChI=1S/C23H25N5O2S/c1-4-5-13-24-19(29)14-31-23-26-25-22-27(23)18-12-7-6-11-17(18)21(30)28(22)20-15(2)9-8-10-16(20)3/h6-12H,4-5,13-14H2,1-3H3,(H,24,29). The molecule has 0 atom stereocenters. The Morgan fingerprint density at radius 2 is 1.81 bits per heavy atom. The molecule has 4 rings (SSSR count). The summed E-state index contributed by atoms with van der Waals surface area (Å²) in [5.74, 6) is 0.638. The molecule has 0 aliphatic carbocycles. The van der Waals surface area contributed by atoms with Gasteiger partial charge in [0.1, 0.15) is 0 Å². The number of para-hydroxylation sites is 2. The first-order chi connectivity index (χ1) is 15.0. The Hall–Kier alpha value is -3.13. The molecule has 2 aromatic carbocycles. The van der Waals surface area contributed by atoms with Crippen LogP contribution in [0.1, 0.15) is 30.9 Å². The van der Waals surface area contributed by atoms with Gasteiger partial charge in [-0.25, -0.2) is 4.57 Å². The molecule has 8 heteroatoms. The summed E-state index contributed by atoms with van der Waals surface area (Å²) in [5.41, 5.74) is 3.36. The molecule has 160 valence electrons. The molecule has 0 bridgehead atoms. The number of aryl methyl sites for hydroxylation is 2. The van der Waals surface area contributed by atoms with Crippen LogP contribution in [0.4, 0.5) is 0 Å². The fourth-order valence-electron chi connectivity index (χ4n) is 3.72. The van der Waals surface area contributed by atoms with E-state index in [1.807, 2.05) is 60.7 Å². The zero-order chi connectivity index (χ0) is 22.0. The molecule has 0 fully saturated rings. The zero-order valence-corrected chi connectivity index (χ0v) is 18.7. The fraction of sp³-hybridized carbons (Fsp3) is 0.304. The maximum absolute atomic E-state index is 13.5. The van der Waals surface area contributed by atoms with Gasteiger partial charge in [0.05, 0.1) is 22.3 Å². The molecule has 2 aromatic heterocycles. The molecule has 1 amide bonds. The molecular formula is C23H25N5O2S. The van der Waals surface area contributed by atoms with E-state index in [1.165, 1.54) is 11.8 Å². The number of unbranched alkanes of at least 4 members (excludes halogenated alkanes) is 1. The van der Waals surface area contributed by atoms with E-state index in [0.29, 0.717) is 22.9 Å². The predicted molar refractivity (Wildman–Crippen MR) is 124 cm³/mol. The smallest absolute Gasteiger partial charge is 0.267 e. The lowest BCUT2D eigenvalue weighted by Crippen LogP contribution is -2.26. The summed E-state index contributed by atoms with van der Waals surface area (Å²) in [6.45, 7) is 6.72. The van der Waals surface area contributed by atoms with Gasteiger partial charge in [0.25, 0.3) is 5.56 Å². The Morgan fingerprint density at radius 1 is 1.06 bits per heavy atom. The number of rotatable bonds is 7. The minimum Gasteiger partial charge on any atom is -0.355 e. The van der Waals surface area contributed by atoms with Gasteiger partial charge in [0.15, 0.2) is 5.16 Å². The average Bonchev–Trinajstić information content (AvgIpc) is 3.18. The van der Waals surface area contributed by atoms with Crippen molar-refractivity contribution < 1.29 is 4.79 Å². The number of benzene rings is 2. The Morgan fingerprint density at radius 3 is 2.55 bits per heavy atom. The first-order valence-electron chi connectivity index (χ1n) is 10.4. The van der Waals surface area contributed by atoms with Gasteiger partial charge in [-0.2, -0.15) is 0 Å². The second kappa shape index (κ2) is 8.93. The summed E-state index contributed by atoms with van der Waals surface area (Å²) in [6.07, 6.45) is 1.99. The van der Waals surface area contributed by atoms with E-state index in [4.69, 9.17) is 0 Å². The van der Waals surface area contributed by atoms with Gasteiger partial charge in [-0.3, -0.25) is 14.0 Å². The van der Waals surface area contributed by atoms with Crippen LogP contribution in [0.15, 0.2) is 52.4 Å². The number of thioether (sulfide) groups is 1. The van der Waals surface area contributed by atoms with Crippen LogP contribution in [0, 0.1) is 13.8 Å². The molecule has 31 heavy (non-hydrogen) atoms. The minimum atomic E-state index is -0.137. The molecule has 7 nitrogen and oxygen atoms in total. The van der Waals surface area contributed by atoms with Crippen LogP contribution in [-0.2, 0) is 4.79 Å². The lowest BCUT2D eigenvalue weighted by atomic mass is 10.1. The number of amides is 1. The predicted octanol–water partition coefficient (Wildman–Crippen LogP) is 3.66. The Labute approximate surface area is 184 Å². The molecule has 0 aliphatic heterocycles. The molecule has 0 spiro atoms. The van der Waals surface area contributed by atoms with Crippen molar-refractivity contribution in [3.63, 3.8) is 0 Å². The monoisotopic (exact) mass is 435 g/mol. The van der Waals surface area contributed by atoms with Gasteiger partial charge in [-0.1, -0.05) is 55.4 Å². The largest absolute Gasteiger partial charge is 0.355 e. The van der Waals surface area contributed by atoms with Gasteiger partial charge < -0.3 is 5.32 Å². The van der Waals surface area contributed by atoms with Crippen molar-refractivity contribution in [1.82, 2.24) is 24.5 Å². The summed E-state index contributed by atoms with van der Waals surface area (Å²) in [6, 6.07) is 13.4. The van der Waals surface area contributed by atoms with Crippen molar-refractivity contribution >= 4 is 34.3 Å². The van der Waals surface area contributed by atoms with Crippen molar-refractivity contribution in [3.05, 3.63) is 63.9 Å². The summed E-state index contributed by atoms with van der Waals surface area (Å²) in [7, 11) is 0. The summed E-state index contributed by atoms with van der Waals surface area (Å²) >= 11 is 1.32. The van der Waals surface area contributed by atoms with E-state index in [1.54, 1.807) is 4.57 Å². The van der Waals surface area contributed by atoms with E-state index in [0.717, 1.165) is 35.2 Å². The fourth-order valence-corrected chi connectivity index (χ4v) is 4.49. The molecule has 4 aromatic rings. The summed E-state index contributed by atoms with van der Waals surface area (Å²) in [4.78, 5) is 25.7. The molecule has 0 aliphatic rings. The van der Waals surface area contributed by atoms with Crippen molar-refractivity contribution in [2.45, 2.75) is 38.8 Å². The lowest BCUT2D eigenvalue weighted by Gasteiger charge is -2.15. The third-order valence-corrected chi connectivity index (χ3v) is 6.17. The van der Waals surface area contributed by atoms with Gasteiger partial charge in [0.2, 0.25) is 11.7 Å². The van der Waals surface area contributed by atoms with Crippen molar-refractivity contribution in [2.75, 3.05) is 12.3 Å². The first-order valence-corrected chi connectivity index (χ1v) is 11.4. The Balaban J connectivity index is 1.86. The van der Waals surface area contributed by atoms with Crippen molar-refractivity contribution in [2.24, 2.45) is 0 Å². The maximum Gasteiger partial charge on any atom is 0.267 e. The number of nitrogens with one attached hydrogen (secondary N) is 1. The second-order valence-electron chi connectivity index (χ2n) is 7.51. The highest BCUT2D eigenvalue weighted by molar-refractivity contribution is 7.99. The lowest BCUT2D eigenvalue weighted by molar-refractivity contribution is -0.118. The van der Waals surface area contributed by atoms with Crippen LogP contribution in [0.2, 0.25) is 0 Å². The van der Waals surface area contributed by atoms with Crippen molar-refractivity contribution in [3.8, 4) is 5.69 Å². The Kier molecular flexibility index (Phi) is 6.08. The topological polar surface area (TPSA) is 81.3 Å². The van der Waals surface area contributed by atoms with Crippen LogP contribution in [0.3, 0.4) is 0 Å². The van der Waals surface area contributed by atoms with E-state index >= 15 is 0 Å². The number of carbonyl (C=O) groups excluding carboxylic acids is 1. The molecule has 0 saturated heterocycles. The SMILES string of the molecule is CCCCNC(=O)CSc1nnc2n(-c3c(C)cccc3C)c(=O)c3ccccc3n12. The molecule has 0 saturated carbocycles. The van der Waals surface area contributed by atoms with Gasteiger partial charge >= 0.3 is 0 Å². The van der Waals surface area contributed by atoms with Gasteiger partial charge in [0, 0.05) is 6.54 Å². The molecular weight excluding hydrogens is 410 g/mol. The van der Waals surface area contributed by atoms with E-state index in [9.17, 15) is 9.59 Å². The van der Waals surface area contributed by atoms with Crippen LogP contribution >= 0.6 is 11.8 Å². The highest BCUT2D eigenvalue weighted by atomic mass is 32.2. The van der Waals surface area contributed by atoms with Crippen LogP contribution < -0.4 is 10.9 Å². The third-order valence-electron chi connectivity index (χ3n) is 5.24. The molecule has 1 N–H and O–H groups in total. The first kappa shape index (κ1) is 21.1. The Bertz CT molecular complexity index is 1300. The molecule has 2 heterocycles. The normalized spacial score (nSPS) is 11.3. The second-order valence-corrected chi connectivity index (χ2v) is 8.45. The summed E-state index contributed by atoms with van der Waals surface area (Å²) < 4.78 is 3.50. The van der Waals surface area contributed by atoms with E-state index < -0.39 is 0 Å². The van der Waals surface area contributed by atoms with Crippen molar-refractivity contribution in [1.29, 1.82) is 0 Å². The highest BCUT2D eigenvalue weighted by Crippen LogP contribution is 2.25. The average molecular weight is 436 g/mol. The van der Waals surface area contributed by atoms with E-state index in [-0.39, 0.29) is 17.2 Å². The minimum absolute atomic E-state index is 0.0393. The maximum atomic E-state index is 13.5. The molecule has 0 radical (unpaired) electrons. The number of hydrogen-bond donors (Lipinski definition) is 1. The van der Waals surface area contributed by atoms with Crippen LogP contribution in [0.25, 0.3) is 22.4 Å². The number of nitrogens with zero attached hydrogens (tertiary/aromatic N) is 4. The molecule has 0 unspecified atom stereocenters. The summed E-state index contributed by atoms with van der Waals surface area (Å²) in [5, 5.41) is 12.8. The number of carbonyl (C=O) groups is 1. The zero-order valence-electron chi connectivity index (χ0n) is 17.9. The van der Waals surface area contributed by atoms with Gasteiger partial charge in [-0.15, -0.1) is 10.2 Å². The van der Waals surface area contributed by atoms with E-state index in [2.05, 4.69) is 22.4 Å². The van der Waals surface area contributed by atoms with Gasteiger partial charge in [-0.05, 0) is 43.5 Å².